The SMILES string of the molecule is C1=Cc2c(c(-c3ccccc3)cc3c2c2ccccc2n3-c2cccc3c2oc2cccc(-c4nc(-c5ccccc5)c5sc6ccccc6c5n4)c23)CC1. The molecule has 0 saturated heterocycles. The van der Waals surface area contributed by atoms with Crippen molar-refractivity contribution in [3.63, 3.8) is 0 Å². The molecule has 1 aliphatic carbocycles. The lowest BCUT2D eigenvalue weighted by molar-refractivity contribution is 0.666. The molecule has 0 spiro atoms. The zero-order valence-electron chi connectivity index (χ0n) is 29.7. The first kappa shape index (κ1) is 30.6. The maximum Gasteiger partial charge on any atom is 0.161 e. The molecule has 1 aliphatic rings. The molecule has 11 aromatic rings. The summed E-state index contributed by atoms with van der Waals surface area (Å²) < 4.78 is 11.7. The van der Waals surface area contributed by atoms with Crippen molar-refractivity contribution in [1.82, 2.24) is 14.5 Å². The maximum absolute atomic E-state index is 6.96. The van der Waals surface area contributed by atoms with Crippen molar-refractivity contribution in [2.75, 3.05) is 0 Å². The lowest BCUT2D eigenvalue weighted by Gasteiger charge is -2.18. The van der Waals surface area contributed by atoms with Gasteiger partial charge in [-0.3, -0.25) is 0 Å². The van der Waals surface area contributed by atoms with E-state index >= 15 is 0 Å². The normalized spacial score (nSPS) is 12.9. The highest BCUT2D eigenvalue weighted by molar-refractivity contribution is 7.26. The third-order valence-electron chi connectivity index (χ3n) is 11.3. The van der Waals surface area contributed by atoms with Gasteiger partial charge in [-0.25, -0.2) is 9.97 Å². The summed E-state index contributed by atoms with van der Waals surface area (Å²) in [7, 11) is 0. The largest absolute Gasteiger partial charge is 0.454 e. The Morgan fingerprint density at radius 2 is 1.35 bits per heavy atom. The predicted octanol–water partition coefficient (Wildman–Crippen LogP) is 13.8. The van der Waals surface area contributed by atoms with Gasteiger partial charge in [0.15, 0.2) is 11.4 Å². The van der Waals surface area contributed by atoms with Gasteiger partial charge in [-0.2, -0.15) is 0 Å². The summed E-state index contributed by atoms with van der Waals surface area (Å²) >= 11 is 1.75. The van der Waals surface area contributed by atoms with E-state index in [2.05, 4.69) is 168 Å². The molecule has 0 N–H and O–H groups in total. The third-order valence-corrected chi connectivity index (χ3v) is 12.5. The fourth-order valence-corrected chi connectivity index (χ4v) is 10.1. The highest BCUT2D eigenvalue weighted by atomic mass is 32.1. The molecule has 4 aromatic heterocycles. The van der Waals surface area contributed by atoms with Crippen LogP contribution < -0.4 is 0 Å². The Kier molecular flexibility index (Phi) is 6.59. The van der Waals surface area contributed by atoms with Crippen LogP contribution in [0.2, 0.25) is 0 Å². The second kappa shape index (κ2) is 11.8. The van der Waals surface area contributed by atoms with Crippen molar-refractivity contribution < 1.29 is 4.42 Å². The first-order chi connectivity index (χ1) is 27.3. The Balaban J connectivity index is 1.15. The molecule has 5 heteroatoms. The summed E-state index contributed by atoms with van der Waals surface area (Å²) in [6, 6.07) is 53.8. The Morgan fingerprint density at radius 3 is 2.22 bits per heavy atom. The number of rotatable bonds is 4. The molecule has 4 nitrogen and oxygen atoms in total. The Hall–Kier alpha value is -6.82. The van der Waals surface area contributed by atoms with Crippen molar-refractivity contribution in [3.05, 3.63) is 169 Å². The molecule has 0 fully saturated rings. The van der Waals surface area contributed by atoms with Gasteiger partial charge >= 0.3 is 0 Å². The standard InChI is InChI=1S/C50H31N3OS/c1-3-15-30(16-4-1)38-29-41-44(33-20-8-7-19-32(33)38)34-21-9-11-25-39(34)53(41)40-26-13-23-36-45-37(24-14-27-42(45)54-48(36)40)50-51-46(31-17-5-2-6-18-31)49-47(52-50)35-22-10-12-28-43(35)55-49/h1-6,8-18,20-29H,7,19H2. The van der Waals surface area contributed by atoms with Gasteiger partial charge < -0.3 is 8.98 Å². The van der Waals surface area contributed by atoms with Crippen LogP contribution in [-0.4, -0.2) is 14.5 Å². The van der Waals surface area contributed by atoms with Crippen molar-refractivity contribution in [2.45, 2.75) is 12.8 Å². The number of hydrogen-bond acceptors (Lipinski definition) is 4. The maximum atomic E-state index is 6.96. The van der Waals surface area contributed by atoms with Crippen LogP contribution in [0.25, 0.3) is 110 Å². The molecular weight excluding hydrogens is 691 g/mol. The van der Waals surface area contributed by atoms with E-state index in [-0.39, 0.29) is 0 Å². The highest BCUT2D eigenvalue weighted by Crippen LogP contribution is 2.46. The van der Waals surface area contributed by atoms with E-state index in [1.165, 1.54) is 43.2 Å². The minimum absolute atomic E-state index is 0.691. The summed E-state index contributed by atoms with van der Waals surface area (Å²) in [6.07, 6.45) is 6.74. The lowest BCUT2D eigenvalue weighted by Crippen LogP contribution is -2.00. The molecule has 7 aromatic carbocycles. The molecule has 0 radical (unpaired) electrons. The minimum Gasteiger partial charge on any atom is -0.454 e. The Labute approximate surface area is 320 Å². The first-order valence-electron chi connectivity index (χ1n) is 18.8. The van der Waals surface area contributed by atoms with E-state index in [0.717, 1.165) is 78.4 Å². The number of para-hydroxylation sites is 2. The number of nitrogens with zero attached hydrogens (tertiary/aromatic N) is 3. The van der Waals surface area contributed by atoms with E-state index in [9.17, 15) is 0 Å². The van der Waals surface area contributed by atoms with E-state index < -0.39 is 0 Å². The van der Waals surface area contributed by atoms with Crippen LogP contribution in [0.15, 0.2) is 162 Å². The van der Waals surface area contributed by atoms with Crippen LogP contribution in [0, 0.1) is 0 Å². The second-order valence-corrected chi connectivity index (χ2v) is 15.4. The van der Waals surface area contributed by atoms with Crippen molar-refractivity contribution in [1.29, 1.82) is 0 Å². The monoisotopic (exact) mass is 721 g/mol. The number of hydrogen-bond donors (Lipinski definition) is 0. The third kappa shape index (κ3) is 4.51. The van der Waals surface area contributed by atoms with Gasteiger partial charge in [0.05, 0.1) is 32.6 Å². The quantitative estimate of drug-likeness (QED) is 0.182. The number of fused-ring (bicyclic) bond motifs is 11. The molecular formula is C50H31N3OS. The fraction of sp³-hybridized carbons (Fsp3) is 0.0400. The Bertz CT molecular complexity index is 3370. The van der Waals surface area contributed by atoms with Gasteiger partial charge in [0.25, 0.3) is 0 Å². The molecule has 55 heavy (non-hydrogen) atoms. The van der Waals surface area contributed by atoms with Crippen molar-refractivity contribution >= 4 is 81.5 Å². The van der Waals surface area contributed by atoms with Gasteiger partial charge in [0, 0.05) is 42.8 Å². The van der Waals surface area contributed by atoms with Crippen LogP contribution >= 0.6 is 11.3 Å². The molecule has 0 unspecified atom stereocenters. The van der Waals surface area contributed by atoms with Crippen molar-refractivity contribution in [3.8, 4) is 39.5 Å². The lowest BCUT2D eigenvalue weighted by atomic mass is 9.86. The number of furan rings is 1. The van der Waals surface area contributed by atoms with Crippen molar-refractivity contribution in [2.24, 2.45) is 0 Å². The zero-order chi connectivity index (χ0) is 36.0. The summed E-state index contributed by atoms with van der Waals surface area (Å²) in [5.41, 5.74) is 14.2. The summed E-state index contributed by atoms with van der Waals surface area (Å²) in [5, 5.41) is 5.73. The minimum atomic E-state index is 0.691. The van der Waals surface area contributed by atoms with Gasteiger partial charge in [0.2, 0.25) is 0 Å². The summed E-state index contributed by atoms with van der Waals surface area (Å²) in [4.78, 5) is 10.7. The highest BCUT2D eigenvalue weighted by Gasteiger charge is 2.25. The molecule has 0 saturated carbocycles. The topological polar surface area (TPSA) is 43.9 Å². The Morgan fingerprint density at radius 1 is 0.600 bits per heavy atom. The smallest absolute Gasteiger partial charge is 0.161 e. The molecule has 0 aliphatic heterocycles. The molecule has 0 amide bonds. The number of aromatic nitrogens is 3. The van der Waals surface area contributed by atoms with Gasteiger partial charge in [-0.15, -0.1) is 11.3 Å². The van der Waals surface area contributed by atoms with Gasteiger partial charge in [0.1, 0.15) is 5.58 Å². The molecule has 0 atom stereocenters. The molecule has 12 rings (SSSR count). The second-order valence-electron chi connectivity index (χ2n) is 14.3. The number of thiophene rings is 1. The molecule has 0 bridgehead atoms. The number of benzene rings is 7. The van der Waals surface area contributed by atoms with Crippen LogP contribution in [0.5, 0.6) is 0 Å². The molecule has 258 valence electrons. The van der Waals surface area contributed by atoms with Crippen LogP contribution in [0.1, 0.15) is 17.5 Å². The van der Waals surface area contributed by atoms with E-state index in [4.69, 9.17) is 14.4 Å². The van der Waals surface area contributed by atoms with Crippen LogP contribution in [0.4, 0.5) is 0 Å². The molecule has 4 heterocycles. The van der Waals surface area contributed by atoms with Crippen LogP contribution in [0.3, 0.4) is 0 Å². The summed E-state index contributed by atoms with van der Waals surface area (Å²) in [6.45, 7) is 0. The van der Waals surface area contributed by atoms with E-state index in [1.807, 2.05) is 0 Å². The average Bonchev–Trinajstić information content (AvgIpc) is 3.93. The number of allylic oxidation sites excluding steroid dienone is 1. The van der Waals surface area contributed by atoms with Gasteiger partial charge in [-0.05, 0) is 65.4 Å². The average molecular weight is 722 g/mol. The first-order valence-corrected chi connectivity index (χ1v) is 19.6. The van der Waals surface area contributed by atoms with E-state index in [0.29, 0.717) is 5.82 Å². The van der Waals surface area contributed by atoms with Crippen LogP contribution in [-0.2, 0) is 6.42 Å². The summed E-state index contributed by atoms with van der Waals surface area (Å²) in [5.74, 6) is 0.691. The fourth-order valence-electron chi connectivity index (χ4n) is 8.91. The zero-order valence-corrected chi connectivity index (χ0v) is 30.5. The van der Waals surface area contributed by atoms with E-state index in [1.54, 1.807) is 11.3 Å². The predicted molar refractivity (Wildman–Crippen MR) is 230 cm³/mol. The van der Waals surface area contributed by atoms with Gasteiger partial charge in [-0.1, -0.05) is 133 Å².